The van der Waals surface area contributed by atoms with Gasteiger partial charge in [0, 0.05) is 32.1 Å². The smallest absolute Gasteiger partial charge is 0.225 e. The van der Waals surface area contributed by atoms with Crippen LogP contribution < -0.4 is 11.1 Å². The second-order valence-corrected chi connectivity index (χ2v) is 6.39. The quantitative estimate of drug-likeness (QED) is 0.770. The van der Waals surface area contributed by atoms with Crippen LogP contribution in [0.15, 0.2) is 0 Å². The summed E-state index contributed by atoms with van der Waals surface area (Å²) < 4.78 is 0. The lowest BCUT2D eigenvalue weighted by atomic mass is 9.93. The number of halogens is 1. The molecule has 1 saturated carbocycles. The van der Waals surface area contributed by atoms with Gasteiger partial charge in [-0.3, -0.25) is 9.59 Å². The molecule has 22 heavy (non-hydrogen) atoms. The number of amides is 2. The average molecular weight is 332 g/mol. The van der Waals surface area contributed by atoms with Gasteiger partial charge >= 0.3 is 0 Å². The lowest BCUT2D eigenvalue weighted by molar-refractivity contribution is -0.139. The molecule has 2 rings (SSSR count). The zero-order valence-electron chi connectivity index (χ0n) is 13.4. The number of nitrogens with one attached hydrogen (secondary N) is 1. The maximum absolute atomic E-state index is 12.7. The van der Waals surface area contributed by atoms with E-state index in [9.17, 15) is 9.59 Å². The zero-order chi connectivity index (χ0) is 15.1. The van der Waals surface area contributed by atoms with Crippen molar-refractivity contribution in [1.29, 1.82) is 0 Å². The van der Waals surface area contributed by atoms with Crippen molar-refractivity contribution in [2.45, 2.75) is 51.4 Å². The van der Waals surface area contributed by atoms with E-state index in [1.165, 1.54) is 25.7 Å². The molecule has 6 heteroatoms. The summed E-state index contributed by atoms with van der Waals surface area (Å²) in [5.74, 6) is 0.477. The largest absolute Gasteiger partial charge is 0.355 e. The van der Waals surface area contributed by atoms with Crippen LogP contribution in [-0.4, -0.2) is 42.9 Å². The molecule has 0 radical (unpaired) electrons. The van der Waals surface area contributed by atoms with Crippen LogP contribution in [0.2, 0.25) is 0 Å². The average Bonchev–Trinajstić information content (AvgIpc) is 2.81. The van der Waals surface area contributed by atoms with Gasteiger partial charge in [0.25, 0.3) is 0 Å². The van der Waals surface area contributed by atoms with Gasteiger partial charge in [-0.25, -0.2) is 0 Å². The molecule has 1 heterocycles. The highest BCUT2D eigenvalue weighted by molar-refractivity contribution is 5.85. The predicted molar refractivity (Wildman–Crippen MR) is 89.8 cm³/mol. The topological polar surface area (TPSA) is 75.4 Å². The summed E-state index contributed by atoms with van der Waals surface area (Å²) >= 11 is 0. The molecule has 0 bridgehead atoms. The van der Waals surface area contributed by atoms with E-state index in [1.54, 1.807) is 0 Å². The Morgan fingerprint density at radius 2 is 1.64 bits per heavy atom. The molecule has 2 amide bonds. The Bertz CT molecular complexity index is 357. The van der Waals surface area contributed by atoms with Crippen molar-refractivity contribution >= 4 is 24.2 Å². The first kappa shape index (κ1) is 19.2. The minimum absolute atomic E-state index is 0. The van der Waals surface area contributed by atoms with Crippen molar-refractivity contribution in [2.24, 2.45) is 17.6 Å². The first-order chi connectivity index (χ1) is 10.2. The molecule has 1 unspecified atom stereocenters. The number of piperidine rings is 1. The van der Waals surface area contributed by atoms with Crippen molar-refractivity contribution in [3.05, 3.63) is 0 Å². The van der Waals surface area contributed by atoms with Gasteiger partial charge in [0.05, 0.1) is 5.92 Å². The van der Waals surface area contributed by atoms with Crippen molar-refractivity contribution in [3.8, 4) is 0 Å². The van der Waals surface area contributed by atoms with Crippen LogP contribution in [0.3, 0.4) is 0 Å². The SMILES string of the molecule is Cl.NCCNC(=O)C1CCCN(C(=O)C2CCCCCC2)C1. The summed E-state index contributed by atoms with van der Waals surface area (Å²) in [4.78, 5) is 26.7. The van der Waals surface area contributed by atoms with Gasteiger partial charge in [-0.1, -0.05) is 25.7 Å². The molecule has 1 aliphatic carbocycles. The Morgan fingerprint density at radius 3 is 2.27 bits per heavy atom. The van der Waals surface area contributed by atoms with Crippen molar-refractivity contribution in [1.82, 2.24) is 10.2 Å². The number of carbonyl (C=O) groups is 2. The van der Waals surface area contributed by atoms with Gasteiger partial charge in [0.1, 0.15) is 0 Å². The summed E-state index contributed by atoms with van der Waals surface area (Å²) in [6.07, 6.45) is 8.72. The Kier molecular flexibility index (Phi) is 8.79. The summed E-state index contributed by atoms with van der Waals surface area (Å²) in [7, 11) is 0. The second kappa shape index (κ2) is 10.1. The number of rotatable bonds is 4. The Morgan fingerprint density at radius 1 is 1.00 bits per heavy atom. The molecule has 0 aromatic heterocycles. The van der Waals surface area contributed by atoms with Gasteiger partial charge in [-0.05, 0) is 25.7 Å². The van der Waals surface area contributed by atoms with Crippen molar-refractivity contribution < 1.29 is 9.59 Å². The molecule has 2 fully saturated rings. The van der Waals surface area contributed by atoms with E-state index in [2.05, 4.69) is 5.32 Å². The molecule has 1 saturated heterocycles. The fraction of sp³-hybridized carbons (Fsp3) is 0.875. The number of hydrogen-bond acceptors (Lipinski definition) is 3. The minimum atomic E-state index is -0.0555. The molecule has 2 aliphatic rings. The van der Waals surface area contributed by atoms with E-state index in [0.29, 0.717) is 19.6 Å². The van der Waals surface area contributed by atoms with Crippen LogP contribution >= 0.6 is 12.4 Å². The van der Waals surface area contributed by atoms with Gasteiger partial charge < -0.3 is 16.0 Å². The van der Waals surface area contributed by atoms with Crippen LogP contribution in [0.4, 0.5) is 0 Å². The van der Waals surface area contributed by atoms with Crippen LogP contribution in [0.5, 0.6) is 0 Å². The Balaban J connectivity index is 0.00000242. The zero-order valence-corrected chi connectivity index (χ0v) is 14.2. The van der Waals surface area contributed by atoms with Crippen LogP contribution in [0.25, 0.3) is 0 Å². The Labute approximate surface area is 139 Å². The molecular formula is C16H30ClN3O2. The lowest BCUT2D eigenvalue weighted by Crippen LogP contribution is -2.47. The molecule has 1 aliphatic heterocycles. The van der Waals surface area contributed by atoms with E-state index in [4.69, 9.17) is 5.73 Å². The van der Waals surface area contributed by atoms with Crippen LogP contribution in [0, 0.1) is 11.8 Å². The minimum Gasteiger partial charge on any atom is -0.355 e. The van der Waals surface area contributed by atoms with E-state index in [1.807, 2.05) is 4.90 Å². The number of hydrogen-bond donors (Lipinski definition) is 2. The maximum Gasteiger partial charge on any atom is 0.225 e. The van der Waals surface area contributed by atoms with Gasteiger partial charge in [-0.2, -0.15) is 0 Å². The standard InChI is InChI=1S/C16H29N3O2.ClH/c17-9-10-18-15(20)14-8-5-11-19(12-14)16(21)13-6-3-1-2-4-7-13;/h13-14H,1-12,17H2,(H,18,20);1H. The molecule has 5 nitrogen and oxygen atoms in total. The summed E-state index contributed by atoms with van der Waals surface area (Å²) in [5, 5.41) is 2.85. The summed E-state index contributed by atoms with van der Waals surface area (Å²) in [5.41, 5.74) is 5.41. The molecule has 128 valence electrons. The monoisotopic (exact) mass is 331 g/mol. The highest BCUT2D eigenvalue weighted by Crippen LogP contribution is 2.26. The number of likely N-dealkylation sites (tertiary alicyclic amines) is 1. The molecule has 0 aromatic rings. The normalized spacial score (nSPS) is 23.3. The molecule has 1 atom stereocenters. The third-order valence-electron chi connectivity index (χ3n) is 4.75. The molecular weight excluding hydrogens is 302 g/mol. The van der Waals surface area contributed by atoms with Crippen molar-refractivity contribution in [3.63, 3.8) is 0 Å². The van der Waals surface area contributed by atoms with Crippen LogP contribution in [0.1, 0.15) is 51.4 Å². The first-order valence-corrected chi connectivity index (χ1v) is 8.49. The van der Waals surface area contributed by atoms with Gasteiger partial charge in [-0.15, -0.1) is 12.4 Å². The third-order valence-corrected chi connectivity index (χ3v) is 4.75. The summed E-state index contributed by atoms with van der Waals surface area (Å²) in [6.45, 7) is 2.39. The van der Waals surface area contributed by atoms with E-state index in [-0.39, 0.29) is 36.1 Å². The first-order valence-electron chi connectivity index (χ1n) is 8.49. The van der Waals surface area contributed by atoms with E-state index in [0.717, 1.165) is 32.2 Å². The molecule has 3 N–H and O–H groups in total. The number of nitrogens with zero attached hydrogens (tertiary/aromatic N) is 1. The lowest BCUT2D eigenvalue weighted by Gasteiger charge is -2.34. The third kappa shape index (κ3) is 5.43. The molecule has 0 spiro atoms. The van der Waals surface area contributed by atoms with E-state index < -0.39 is 0 Å². The predicted octanol–water partition coefficient (Wildman–Crippen LogP) is 1.69. The fourth-order valence-electron chi connectivity index (χ4n) is 3.52. The fourth-order valence-corrected chi connectivity index (χ4v) is 3.52. The highest BCUT2D eigenvalue weighted by atomic mass is 35.5. The maximum atomic E-state index is 12.7. The Hall–Kier alpha value is -0.810. The van der Waals surface area contributed by atoms with E-state index >= 15 is 0 Å². The second-order valence-electron chi connectivity index (χ2n) is 6.39. The molecule has 0 aromatic carbocycles. The highest BCUT2D eigenvalue weighted by Gasteiger charge is 2.31. The van der Waals surface area contributed by atoms with Gasteiger partial charge in [0.2, 0.25) is 11.8 Å². The van der Waals surface area contributed by atoms with Crippen LogP contribution in [-0.2, 0) is 9.59 Å². The van der Waals surface area contributed by atoms with Crippen molar-refractivity contribution in [2.75, 3.05) is 26.2 Å². The van der Waals surface area contributed by atoms with Gasteiger partial charge in [0.15, 0.2) is 0 Å². The summed E-state index contributed by atoms with van der Waals surface area (Å²) in [6, 6.07) is 0. The number of carbonyl (C=O) groups excluding carboxylic acids is 2. The number of nitrogens with two attached hydrogens (primary N) is 1.